The lowest BCUT2D eigenvalue weighted by atomic mass is 9.36. The Labute approximate surface area is 468 Å². The van der Waals surface area contributed by atoms with E-state index in [-0.39, 0.29) is 55.7 Å². The fourth-order valence-corrected chi connectivity index (χ4v) is 13.8. The minimum absolute atomic E-state index is 0.00351. The van der Waals surface area contributed by atoms with Crippen LogP contribution in [0.15, 0.2) is 97.1 Å². The summed E-state index contributed by atoms with van der Waals surface area (Å²) in [6.45, 7) is 29.6. The lowest BCUT2D eigenvalue weighted by Gasteiger charge is -2.45. The molecule has 12 heteroatoms. The summed E-state index contributed by atoms with van der Waals surface area (Å²) in [5.41, 5.74) is 20.2. The van der Waals surface area contributed by atoms with Crippen LogP contribution in [0.5, 0.6) is 0 Å². The van der Waals surface area contributed by atoms with Gasteiger partial charge in [0.05, 0.1) is 11.4 Å². The van der Waals surface area contributed by atoms with Crippen molar-refractivity contribution in [2.24, 2.45) is 0 Å². The number of hydrogen-bond donors (Lipinski definition) is 0. The van der Waals surface area contributed by atoms with Gasteiger partial charge in [-0.2, -0.15) is 0 Å². The molecule has 0 bridgehead atoms. The van der Waals surface area contributed by atoms with Crippen LogP contribution >= 0.6 is 11.3 Å². The molecule has 0 unspecified atom stereocenters. The molecule has 0 saturated carbocycles. The number of thiophene rings is 1. The first kappa shape index (κ1) is 52.7. The summed E-state index contributed by atoms with van der Waals surface area (Å²) in [6.07, 6.45) is 2.25. The Morgan fingerprint density at radius 1 is 0.500 bits per heavy atom. The van der Waals surface area contributed by atoms with Crippen LogP contribution in [0.2, 0.25) is 0 Å². The van der Waals surface area contributed by atoms with Crippen molar-refractivity contribution in [2.45, 2.75) is 130 Å². The summed E-state index contributed by atoms with van der Waals surface area (Å²) in [6, 6.07) is 36.6. The SMILES string of the molecule is [B]c1cc(C(C)(C)c2ccc3c(c2)B2c4sc5cc6c(cc5c4N(c4ccc(C(C)(C)C)cc4)c4cc(C)cc(c42)N3c2ccc(C(C)(C)C)cc2-c2c([B])c([B])c([B])c([B])c2[B])C(C)(C)CCC6(C)C)cc([B])c1[B]. The van der Waals surface area contributed by atoms with Gasteiger partial charge in [-0.05, 0) is 151 Å². The van der Waals surface area contributed by atoms with Gasteiger partial charge in [0.1, 0.15) is 62.8 Å². The van der Waals surface area contributed by atoms with Crippen molar-refractivity contribution in [3.63, 3.8) is 0 Å². The van der Waals surface area contributed by atoms with E-state index in [9.17, 15) is 0 Å². The highest BCUT2D eigenvalue weighted by Gasteiger charge is 2.47. The van der Waals surface area contributed by atoms with Gasteiger partial charge in [0, 0.05) is 48.6 Å². The van der Waals surface area contributed by atoms with Crippen molar-refractivity contribution < 1.29 is 0 Å². The molecule has 8 aromatic rings. The first-order chi connectivity index (χ1) is 35.4. The number of benzene rings is 7. The third kappa shape index (κ3) is 8.05. The fourth-order valence-electron chi connectivity index (χ4n) is 12.5. The number of aryl methyl sites for hydroxylation is 1. The smallest absolute Gasteiger partial charge is 0.264 e. The van der Waals surface area contributed by atoms with Gasteiger partial charge in [0.2, 0.25) is 0 Å². The molecule has 2 nitrogen and oxygen atoms in total. The van der Waals surface area contributed by atoms with Crippen LogP contribution in [0, 0.1) is 6.92 Å². The van der Waals surface area contributed by atoms with Crippen molar-refractivity contribution >= 4 is 184 Å². The number of nitrogens with zero attached hydrogens (tertiary/aromatic N) is 2. The van der Waals surface area contributed by atoms with Crippen molar-refractivity contribution in [1.29, 1.82) is 0 Å². The Kier molecular flexibility index (Phi) is 12.2. The highest BCUT2D eigenvalue weighted by molar-refractivity contribution is 7.33. The summed E-state index contributed by atoms with van der Waals surface area (Å²) >= 11 is 1.93. The van der Waals surface area contributed by atoms with E-state index in [1.165, 1.54) is 42.7 Å². The maximum atomic E-state index is 7.09. The maximum absolute atomic E-state index is 7.09. The molecule has 0 saturated heterocycles. The van der Waals surface area contributed by atoms with E-state index < -0.39 is 5.41 Å². The van der Waals surface area contributed by atoms with Gasteiger partial charge in [-0.25, -0.2) is 0 Å². The molecule has 0 fully saturated rings. The quantitative estimate of drug-likeness (QED) is 0.180. The van der Waals surface area contributed by atoms with E-state index >= 15 is 0 Å². The lowest BCUT2D eigenvalue weighted by molar-refractivity contribution is 0.332. The second kappa shape index (κ2) is 17.6. The van der Waals surface area contributed by atoms with Crippen molar-refractivity contribution in [1.82, 2.24) is 0 Å². The predicted octanol–water partition coefficient (Wildman–Crippen LogP) is 6.58. The van der Waals surface area contributed by atoms with Crippen LogP contribution < -0.4 is 69.2 Å². The van der Waals surface area contributed by atoms with Gasteiger partial charge in [0.15, 0.2) is 0 Å². The lowest BCUT2D eigenvalue weighted by Crippen LogP contribution is -2.60. The van der Waals surface area contributed by atoms with E-state index in [2.05, 4.69) is 185 Å². The molecule has 7 aromatic carbocycles. The van der Waals surface area contributed by atoms with Crippen LogP contribution in [-0.4, -0.2) is 69.5 Å². The molecule has 1 aromatic heterocycles. The highest BCUT2D eigenvalue weighted by Crippen LogP contribution is 2.53. The first-order valence-electron chi connectivity index (χ1n) is 26.6. The second-order valence-electron chi connectivity index (χ2n) is 26.0. The van der Waals surface area contributed by atoms with Crippen molar-refractivity contribution in [3.8, 4) is 11.1 Å². The molecule has 3 aliphatic rings. The zero-order valence-electron chi connectivity index (χ0n) is 46.7. The minimum Gasteiger partial charge on any atom is -0.311 e. The standard InChI is InChI=1S/C64H59B9N2S/c1-32-24-47-57-48(25-32)75(45-20-16-34(61(5,6)7)26-38(45)50-52(68)54(70)56(72)55(71)53(50)69)46-21-17-35(64(12,13)36-27-42(65)51(67)43(66)28-36)29-44(46)73(57)59-58(74(47)37-18-14-33(15-19-37)60(2,3)4)39-30-40-41(31-49(39)76-59)63(10,11)23-22-62(40,8)9/h14-21,24-31H,22-23H2,1-13H3. The number of hydrogen-bond acceptors (Lipinski definition) is 3. The molecule has 0 N–H and O–H groups in total. The molecular weight excluding hydrogens is 926 g/mol. The number of anilines is 6. The van der Waals surface area contributed by atoms with E-state index in [4.69, 9.17) is 62.8 Å². The summed E-state index contributed by atoms with van der Waals surface area (Å²) in [5, 5.41) is 1.27. The predicted molar refractivity (Wildman–Crippen MR) is 340 cm³/mol. The van der Waals surface area contributed by atoms with Gasteiger partial charge >= 0.3 is 0 Å². The molecule has 3 heterocycles. The molecule has 0 amide bonds. The van der Waals surface area contributed by atoms with E-state index in [1.807, 2.05) is 23.5 Å². The molecule has 0 spiro atoms. The Morgan fingerprint density at radius 3 is 1.59 bits per heavy atom. The van der Waals surface area contributed by atoms with Crippen LogP contribution in [0.3, 0.4) is 0 Å². The molecular formula is C64H59B9N2S. The zero-order chi connectivity index (χ0) is 54.8. The van der Waals surface area contributed by atoms with Crippen LogP contribution in [-0.2, 0) is 27.1 Å². The average molecular weight is 986 g/mol. The Hall–Kier alpha value is -5.32. The van der Waals surface area contributed by atoms with Gasteiger partial charge in [0.25, 0.3) is 6.71 Å². The summed E-state index contributed by atoms with van der Waals surface area (Å²) in [4.78, 5) is 4.98. The second-order valence-corrected chi connectivity index (χ2v) is 27.1. The van der Waals surface area contributed by atoms with Gasteiger partial charge in [-0.1, -0.05) is 136 Å². The monoisotopic (exact) mass is 987 g/mol. The van der Waals surface area contributed by atoms with E-state index in [1.54, 1.807) is 0 Å². The largest absolute Gasteiger partial charge is 0.311 e. The molecule has 2 aliphatic heterocycles. The van der Waals surface area contributed by atoms with E-state index in [0.717, 1.165) is 74.6 Å². The maximum Gasteiger partial charge on any atom is 0.264 e. The normalized spacial score (nSPS) is 15.6. The molecule has 0 atom stereocenters. The van der Waals surface area contributed by atoms with Crippen molar-refractivity contribution in [2.75, 3.05) is 9.80 Å². The van der Waals surface area contributed by atoms with Gasteiger partial charge < -0.3 is 9.80 Å². The summed E-state index contributed by atoms with van der Waals surface area (Å²) in [5.74, 6) is 0. The van der Waals surface area contributed by atoms with Crippen LogP contribution in [0.4, 0.5) is 34.1 Å². The third-order valence-electron chi connectivity index (χ3n) is 17.5. The minimum atomic E-state index is -0.553. The van der Waals surface area contributed by atoms with Gasteiger partial charge in [-0.15, -0.1) is 44.1 Å². The molecule has 76 heavy (non-hydrogen) atoms. The highest BCUT2D eigenvalue weighted by atomic mass is 32.1. The topological polar surface area (TPSA) is 6.48 Å². The van der Waals surface area contributed by atoms with Crippen LogP contribution in [0.1, 0.15) is 135 Å². The first-order valence-corrected chi connectivity index (χ1v) is 27.5. The molecule has 358 valence electrons. The molecule has 11 rings (SSSR count). The number of fused-ring (bicyclic) bond motifs is 7. The fraction of sp³-hybridized carbons (Fsp3) is 0.312. The summed E-state index contributed by atoms with van der Waals surface area (Å²) < 4.78 is 2.58. The van der Waals surface area contributed by atoms with Crippen molar-refractivity contribution in [3.05, 3.63) is 136 Å². The van der Waals surface area contributed by atoms with Crippen LogP contribution in [0.25, 0.3) is 21.2 Å². The van der Waals surface area contributed by atoms with Gasteiger partial charge in [-0.3, -0.25) is 0 Å². The Bertz CT molecular complexity index is 3730. The Balaban J connectivity index is 1.29. The average Bonchev–Trinajstić information content (AvgIpc) is 3.73. The number of rotatable bonds is 5. The summed E-state index contributed by atoms with van der Waals surface area (Å²) in [7, 11) is 53.7. The molecule has 1 aliphatic carbocycles. The molecule has 16 radical (unpaired) electrons. The van der Waals surface area contributed by atoms with E-state index in [0.29, 0.717) is 22.0 Å². The third-order valence-corrected chi connectivity index (χ3v) is 18.7. The zero-order valence-corrected chi connectivity index (χ0v) is 47.5. The Morgan fingerprint density at radius 2 is 1.01 bits per heavy atom.